The number of carbonyl (C=O) groups excluding carboxylic acids is 1. The van der Waals surface area contributed by atoms with Gasteiger partial charge in [-0.3, -0.25) is 4.79 Å². The Kier molecular flexibility index (Phi) is 6.89. The molecule has 1 aromatic carbocycles. The molecule has 1 amide bonds. The first-order valence-corrected chi connectivity index (χ1v) is 7.49. The molecule has 1 aliphatic carbocycles. The minimum atomic E-state index is -4.45. The van der Waals surface area contributed by atoms with Crippen molar-refractivity contribution in [2.24, 2.45) is 5.73 Å². The summed E-state index contributed by atoms with van der Waals surface area (Å²) in [6, 6.07) is 7.55. The normalized spacial score (nSPS) is 18.1. The lowest BCUT2D eigenvalue weighted by Gasteiger charge is -2.30. The number of nitrogens with one attached hydrogen (secondary N) is 1. The van der Waals surface area contributed by atoms with Gasteiger partial charge in [0, 0.05) is 13.0 Å². The molecule has 1 aliphatic rings. The first-order chi connectivity index (χ1) is 10.4. The summed E-state index contributed by atoms with van der Waals surface area (Å²) in [5.41, 5.74) is 5.29. The van der Waals surface area contributed by atoms with Crippen LogP contribution in [-0.4, -0.2) is 24.2 Å². The van der Waals surface area contributed by atoms with E-state index in [0.717, 1.165) is 25.7 Å². The monoisotopic (exact) mass is 350 g/mol. The maximum absolute atomic E-state index is 13.3. The first kappa shape index (κ1) is 19.8. The highest BCUT2D eigenvalue weighted by Gasteiger charge is 2.43. The Morgan fingerprint density at radius 3 is 2.26 bits per heavy atom. The van der Waals surface area contributed by atoms with Crippen LogP contribution in [0.2, 0.25) is 0 Å². The minimum absolute atomic E-state index is 0. The molecule has 3 nitrogen and oxygen atoms in total. The second-order valence-corrected chi connectivity index (χ2v) is 5.95. The quantitative estimate of drug-likeness (QED) is 0.853. The van der Waals surface area contributed by atoms with Crippen LogP contribution >= 0.6 is 12.4 Å². The number of amides is 1. The Hall–Kier alpha value is -1.27. The number of benzene rings is 1. The first-order valence-electron chi connectivity index (χ1n) is 7.49. The highest BCUT2D eigenvalue weighted by atomic mass is 35.5. The van der Waals surface area contributed by atoms with Crippen molar-refractivity contribution in [3.05, 3.63) is 35.9 Å². The average Bonchev–Trinajstić information content (AvgIpc) is 2.93. The van der Waals surface area contributed by atoms with Gasteiger partial charge >= 0.3 is 6.18 Å². The predicted octanol–water partition coefficient (Wildman–Crippen LogP) is 3.53. The van der Waals surface area contributed by atoms with Crippen LogP contribution in [0.5, 0.6) is 0 Å². The number of rotatable bonds is 5. The topological polar surface area (TPSA) is 55.1 Å². The zero-order valence-electron chi connectivity index (χ0n) is 12.7. The molecule has 1 atom stereocenters. The van der Waals surface area contributed by atoms with Crippen molar-refractivity contribution in [3.8, 4) is 0 Å². The fourth-order valence-electron chi connectivity index (χ4n) is 3.07. The molecule has 7 heteroatoms. The van der Waals surface area contributed by atoms with Gasteiger partial charge in [-0.25, -0.2) is 0 Å². The summed E-state index contributed by atoms with van der Waals surface area (Å²) in [6.45, 7) is 0.265. The number of alkyl halides is 3. The Morgan fingerprint density at radius 1 is 1.22 bits per heavy atom. The van der Waals surface area contributed by atoms with E-state index in [4.69, 9.17) is 5.73 Å². The molecule has 130 valence electrons. The third-order valence-electron chi connectivity index (χ3n) is 4.34. The summed E-state index contributed by atoms with van der Waals surface area (Å²) in [5.74, 6) is -2.37. The Morgan fingerprint density at radius 2 is 1.78 bits per heavy atom. The van der Waals surface area contributed by atoms with E-state index < -0.39 is 30.0 Å². The number of carbonyl (C=O) groups is 1. The molecule has 0 aliphatic heterocycles. The van der Waals surface area contributed by atoms with Gasteiger partial charge in [0.1, 0.15) is 0 Å². The predicted molar refractivity (Wildman–Crippen MR) is 85.5 cm³/mol. The summed E-state index contributed by atoms with van der Waals surface area (Å²) in [5, 5.41) is 2.75. The van der Waals surface area contributed by atoms with E-state index in [1.54, 1.807) is 18.2 Å². The number of hydrogen-bond donors (Lipinski definition) is 2. The standard InChI is InChI=1S/C16H21F3N2O.ClH/c17-16(18,19)13(12-6-2-1-3-7-12)10-14(22)21-15(11-20)8-4-5-9-15;/h1-3,6-7,13H,4-5,8-11,20H2,(H,21,22);1H. The Labute approximate surface area is 140 Å². The molecule has 2 rings (SSSR count). The second-order valence-electron chi connectivity index (χ2n) is 5.95. The molecule has 1 aromatic rings. The molecule has 23 heavy (non-hydrogen) atoms. The summed E-state index contributed by atoms with van der Waals surface area (Å²) in [4.78, 5) is 12.1. The molecular weight excluding hydrogens is 329 g/mol. The molecular formula is C16H22ClF3N2O. The van der Waals surface area contributed by atoms with Gasteiger partial charge in [-0.05, 0) is 18.4 Å². The number of halogens is 4. The molecule has 1 unspecified atom stereocenters. The minimum Gasteiger partial charge on any atom is -0.349 e. The van der Waals surface area contributed by atoms with E-state index in [0.29, 0.717) is 0 Å². The molecule has 0 bridgehead atoms. The SMILES string of the molecule is Cl.NCC1(NC(=O)CC(c2ccccc2)C(F)(F)F)CCCC1. The maximum atomic E-state index is 13.3. The van der Waals surface area contributed by atoms with Gasteiger partial charge in [-0.2, -0.15) is 13.2 Å². The van der Waals surface area contributed by atoms with Gasteiger partial charge in [0.05, 0.1) is 11.5 Å². The van der Waals surface area contributed by atoms with Crippen LogP contribution in [0, 0.1) is 0 Å². The largest absolute Gasteiger partial charge is 0.396 e. The Balaban J connectivity index is 0.00000264. The van der Waals surface area contributed by atoms with E-state index in [1.165, 1.54) is 12.1 Å². The zero-order valence-corrected chi connectivity index (χ0v) is 13.6. The van der Waals surface area contributed by atoms with E-state index in [-0.39, 0.29) is 24.5 Å². The molecule has 3 N–H and O–H groups in total. The molecule has 1 fully saturated rings. The van der Waals surface area contributed by atoms with Gasteiger partial charge in [0.25, 0.3) is 0 Å². The van der Waals surface area contributed by atoms with Crippen LogP contribution in [0.25, 0.3) is 0 Å². The van der Waals surface area contributed by atoms with Crippen LogP contribution in [0.15, 0.2) is 30.3 Å². The highest BCUT2D eigenvalue weighted by molar-refractivity contribution is 5.85. The van der Waals surface area contributed by atoms with Gasteiger partial charge in [-0.1, -0.05) is 43.2 Å². The maximum Gasteiger partial charge on any atom is 0.396 e. The second kappa shape index (κ2) is 8.02. The van der Waals surface area contributed by atoms with Gasteiger partial charge < -0.3 is 11.1 Å². The fraction of sp³-hybridized carbons (Fsp3) is 0.562. The average molecular weight is 351 g/mol. The summed E-state index contributed by atoms with van der Waals surface area (Å²) < 4.78 is 39.8. The zero-order chi connectivity index (χ0) is 16.2. The van der Waals surface area contributed by atoms with Crippen molar-refractivity contribution in [1.82, 2.24) is 5.32 Å². The van der Waals surface area contributed by atoms with Gasteiger partial charge in [-0.15, -0.1) is 12.4 Å². The number of nitrogens with two attached hydrogens (primary N) is 1. The summed E-state index contributed by atoms with van der Waals surface area (Å²) in [6.07, 6.45) is -1.70. The van der Waals surface area contributed by atoms with Crippen molar-refractivity contribution in [1.29, 1.82) is 0 Å². The van der Waals surface area contributed by atoms with Crippen LogP contribution in [0.3, 0.4) is 0 Å². The van der Waals surface area contributed by atoms with Crippen molar-refractivity contribution in [2.45, 2.75) is 49.7 Å². The third kappa shape index (κ3) is 5.11. The van der Waals surface area contributed by atoms with E-state index >= 15 is 0 Å². The number of hydrogen-bond acceptors (Lipinski definition) is 2. The smallest absolute Gasteiger partial charge is 0.349 e. The third-order valence-corrected chi connectivity index (χ3v) is 4.34. The van der Waals surface area contributed by atoms with Crippen molar-refractivity contribution < 1.29 is 18.0 Å². The molecule has 1 saturated carbocycles. The van der Waals surface area contributed by atoms with Gasteiger partial charge in [0.15, 0.2) is 0 Å². The Bertz CT molecular complexity index is 502. The van der Waals surface area contributed by atoms with Crippen LogP contribution in [-0.2, 0) is 4.79 Å². The van der Waals surface area contributed by atoms with Crippen LogP contribution < -0.4 is 11.1 Å². The van der Waals surface area contributed by atoms with Crippen LogP contribution in [0.4, 0.5) is 13.2 Å². The van der Waals surface area contributed by atoms with E-state index in [1.807, 2.05) is 0 Å². The lowest BCUT2D eigenvalue weighted by molar-refractivity contribution is -0.157. The fourth-order valence-corrected chi connectivity index (χ4v) is 3.07. The lowest BCUT2D eigenvalue weighted by Crippen LogP contribution is -2.52. The highest BCUT2D eigenvalue weighted by Crippen LogP contribution is 2.38. The van der Waals surface area contributed by atoms with Crippen molar-refractivity contribution in [2.75, 3.05) is 6.54 Å². The molecule has 0 spiro atoms. The van der Waals surface area contributed by atoms with Gasteiger partial charge in [0.2, 0.25) is 5.91 Å². The molecule has 0 saturated heterocycles. The van der Waals surface area contributed by atoms with E-state index in [9.17, 15) is 18.0 Å². The summed E-state index contributed by atoms with van der Waals surface area (Å²) in [7, 11) is 0. The summed E-state index contributed by atoms with van der Waals surface area (Å²) >= 11 is 0. The van der Waals surface area contributed by atoms with Crippen LogP contribution in [0.1, 0.15) is 43.6 Å². The van der Waals surface area contributed by atoms with Crippen molar-refractivity contribution in [3.63, 3.8) is 0 Å². The molecule has 0 aromatic heterocycles. The lowest BCUT2D eigenvalue weighted by atomic mass is 9.93. The molecule has 0 heterocycles. The van der Waals surface area contributed by atoms with E-state index in [2.05, 4.69) is 5.32 Å². The molecule has 0 radical (unpaired) electrons. The van der Waals surface area contributed by atoms with Crippen molar-refractivity contribution >= 4 is 18.3 Å².